The first-order valence-electron chi connectivity index (χ1n) is 9.59. The van der Waals surface area contributed by atoms with Gasteiger partial charge in [0.15, 0.2) is 0 Å². The van der Waals surface area contributed by atoms with Crippen LogP contribution in [0.25, 0.3) is 0 Å². The maximum atomic E-state index is 10.5. The lowest BCUT2D eigenvalue weighted by Gasteiger charge is -2.19. The summed E-state index contributed by atoms with van der Waals surface area (Å²) < 4.78 is 0. The largest absolute Gasteiger partial charge is 0.481 e. The number of thiophene rings is 1. The van der Waals surface area contributed by atoms with Crippen molar-refractivity contribution in [3.05, 3.63) is 46.7 Å². The van der Waals surface area contributed by atoms with Crippen LogP contribution in [0, 0.1) is 11.8 Å². The summed E-state index contributed by atoms with van der Waals surface area (Å²) in [5, 5.41) is 41.3. The van der Waals surface area contributed by atoms with Crippen LogP contribution in [-0.4, -0.2) is 44.7 Å². The van der Waals surface area contributed by atoms with Crippen LogP contribution < -0.4 is 0 Å². The molecule has 27 heavy (non-hydrogen) atoms. The molecule has 2 rings (SSSR count). The van der Waals surface area contributed by atoms with Gasteiger partial charge in [0.1, 0.15) is 0 Å². The number of carboxylic acid groups (broad SMARTS) is 1. The van der Waals surface area contributed by atoms with E-state index in [0.29, 0.717) is 32.1 Å². The quantitative estimate of drug-likeness (QED) is 0.341. The fraction of sp³-hybridized carbons (Fsp3) is 0.571. The van der Waals surface area contributed by atoms with E-state index in [1.54, 1.807) is 17.4 Å². The maximum absolute atomic E-state index is 10.5. The van der Waals surface area contributed by atoms with Crippen molar-refractivity contribution in [1.82, 2.24) is 0 Å². The topological polar surface area (TPSA) is 98.0 Å². The minimum Gasteiger partial charge on any atom is -0.481 e. The minimum atomic E-state index is -0.791. The molecule has 0 amide bonds. The maximum Gasteiger partial charge on any atom is 0.303 e. The molecule has 1 saturated carbocycles. The van der Waals surface area contributed by atoms with E-state index < -0.39 is 24.3 Å². The van der Waals surface area contributed by atoms with Crippen molar-refractivity contribution in [2.24, 2.45) is 11.8 Å². The van der Waals surface area contributed by atoms with Crippen LogP contribution in [0.1, 0.15) is 43.4 Å². The molecule has 1 heterocycles. The van der Waals surface area contributed by atoms with Crippen molar-refractivity contribution in [2.75, 3.05) is 0 Å². The van der Waals surface area contributed by atoms with Crippen LogP contribution in [-0.2, 0) is 11.2 Å². The predicted octanol–water partition coefficient (Wildman–Crippen LogP) is 3.16. The molecule has 1 fully saturated rings. The number of unbranched alkanes of at least 4 members (excludes halogenated alkanes) is 1. The summed E-state index contributed by atoms with van der Waals surface area (Å²) >= 11 is 1.68. The molecule has 1 aromatic heterocycles. The first kappa shape index (κ1) is 21.8. The third-order valence-corrected chi connectivity index (χ3v) is 6.01. The lowest BCUT2D eigenvalue weighted by molar-refractivity contribution is -0.137. The lowest BCUT2D eigenvalue weighted by Crippen LogP contribution is -2.20. The number of allylic oxidation sites excluding steroid dienone is 2. The molecular formula is C21H30O5S. The Bertz CT molecular complexity index is 610. The van der Waals surface area contributed by atoms with Gasteiger partial charge in [0, 0.05) is 23.6 Å². The van der Waals surface area contributed by atoms with E-state index in [1.165, 1.54) is 4.88 Å². The molecule has 1 aromatic rings. The van der Waals surface area contributed by atoms with Crippen LogP contribution in [0.2, 0.25) is 0 Å². The second-order valence-electron chi connectivity index (χ2n) is 7.17. The summed E-state index contributed by atoms with van der Waals surface area (Å²) in [6.07, 6.45) is 9.63. The van der Waals surface area contributed by atoms with Gasteiger partial charge in [-0.3, -0.25) is 4.79 Å². The number of aliphatic hydroxyl groups excluding tert-OH is 3. The van der Waals surface area contributed by atoms with E-state index in [4.69, 9.17) is 5.11 Å². The molecule has 4 N–H and O–H groups in total. The molecule has 0 spiro atoms. The van der Waals surface area contributed by atoms with Crippen molar-refractivity contribution in [1.29, 1.82) is 0 Å². The lowest BCUT2D eigenvalue weighted by atomic mass is 9.89. The summed E-state index contributed by atoms with van der Waals surface area (Å²) in [6.45, 7) is 0. The molecule has 6 heteroatoms. The number of carboxylic acids is 1. The van der Waals surface area contributed by atoms with E-state index in [9.17, 15) is 20.1 Å². The van der Waals surface area contributed by atoms with Crippen LogP contribution in [0.5, 0.6) is 0 Å². The van der Waals surface area contributed by atoms with E-state index in [2.05, 4.69) is 6.07 Å². The van der Waals surface area contributed by atoms with Gasteiger partial charge in [-0.25, -0.2) is 0 Å². The van der Waals surface area contributed by atoms with E-state index in [-0.39, 0.29) is 18.3 Å². The highest BCUT2D eigenvalue weighted by Gasteiger charge is 2.39. The van der Waals surface area contributed by atoms with Crippen LogP contribution in [0.4, 0.5) is 0 Å². The summed E-state index contributed by atoms with van der Waals surface area (Å²) in [5.41, 5.74) is 0. The highest BCUT2D eigenvalue weighted by atomic mass is 32.1. The fourth-order valence-electron chi connectivity index (χ4n) is 3.55. The molecule has 150 valence electrons. The number of carbonyl (C=O) groups is 1. The summed E-state index contributed by atoms with van der Waals surface area (Å²) in [4.78, 5) is 11.7. The molecule has 0 radical (unpaired) electrons. The number of hydrogen-bond donors (Lipinski definition) is 4. The fourth-order valence-corrected chi connectivity index (χ4v) is 4.27. The molecule has 1 aliphatic rings. The molecule has 5 nitrogen and oxygen atoms in total. The van der Waals surface area contributed by atoms with Crippen molar-refractivity contribution in [3.63, 3.8) is 0 Å². The van der Waals surface area contributed by atoms with Gasteiger partial charge in [-0.1, -0.05) is 30.4 Å². The standard InChI is InChI=1S/C21H30O5S/c22-15(9-11-16-6-5-13-27-16)10-12-18-17(19(23)14-20(18)24)7-3-1-2-4-8-21(25)26/h1,3,5-6,10,12-13,15,17-20,22-24H,2,4,7-9,11,14H2,(H,25,26)/b3-1-,12-10+/t15-,17+,18+,19-,20+/m0/s1. The van der Waals surface area contributed by atoms with Crippen LogP contribution in [0.3, 0.4) is 0 Å². The molecule has 0 aliphatic heterocycles. The number of aryl methyl sites for hydroxylation is 1. The van der Waals surface area contributed by atoms with Crippen LogP contribution in [0.15, 0.2) is 41.8 Å². The van der Waals surface area contributed by atoms with E-state index >= 15 is 0 Å². The van der Waals surface area contributed by atoms with Gasteiger partial charge >= 0.3 is 5.97 Å². The van der Waals surface area contributed by atoms with Gasteiger partial charge in [-0.05, 0) is 49.5 Å². The molecule has 0 unspecified atom stereocenters. The van der Waals surface area contributed by atoms with Crippen molar-refractivity contribution in [3.8, 4) is 0 Å². The zero-order chi connectivity index (χ0) is 19.6. The second-order valence-corrected chi connectivity index (χ2v) is 8.21. The smallest absolute Gasteiger partial charge is 0.303 e. The molecule has 1 aliphatic carbocycles. The Kier molecular flexibility index (Phi) is 9.21. The summed E-state index contributed by atoms with van der Waals surface area (Å²) in [5.74, 6) is -1.06. The minimum absolute atomic E-state index is 0.0866. The Morgan fingerprint density at radius 2 is 2.11 bits per heavy atom. The van der Waals surface area contributed by atoms with Gasteiger partial charge in [0.2, 0.25) is 0 Å². The summed E-state index contributed by atoms with van der Waals surface area (Å²) in [6, 6.07) is 4.05. The zero-order valence-electron chi connectivity index (χ0n) is 15.5. The van der Waals surface area contributed by atoms with Gasteiger partial charge in [-0.2, -0.15) is 0 Å². The molecule has 0 saturated heterocycles. The Morgan fingerprint density at radius 1 is 1.30 bits per heavy atom. The average Bonchev–Trinajstić information content (AvgIpc) is 3.22. The van der Waals surface area contributed by atoms with Crippen molar-refractivity contribution in [2.45, 2.75) is 63.3 Å². The Hall–Kier alpha value is -1.47. The Morgan fingerprint density at radius 3 is 2.81 bits per heavy atom. The van der Waals surface area contributed by atoms with E-state index in [0.717, 1.165) is 6.42 Å². The Labute approximate surface area is 164 Å². The average molecular weight is 395 g/mol. The zero-order valence-corrected chi connectivity index (χ0v) is 16.3. The SMILES string of the molecule is O=C(O)CCC/C=C\C[C@@H]1[C@@H](/C=C/[C@@H](O)CCc2cccs2)[C@H](O)C[C@@H]1O. The number of aliphatic hydroxyl groups is 3. The number of hydrogen-bond acceptors (Lipinski definition) is 5. The van der Waals surface area contributed by atoms with Gasteiger partial charge < -0.3 is 20.4 Å². The van der Waals surface area contributed by atoms with Gasteiger partial charge in [0.05, 0.1) is 18.3 Å². The number of rotatable bonds is 11. The predicted molar refractivity (Wildman–Crippen MR) is 107 cm³/mol. The molecule has 5 atom stereocenters. The van der Waals surface area contributed by atoms with E-state index in [1.807, 2.05) is 29.7 Å². The second kappa shape index (κ2) is 11.4. The van der Waals surface area contributed by atoms with Crippen LogP contribution >= 0.6 is 11.3 Å². The number of aliphatic carboxylic acids is 1. The Balaban J connectivity index is 1.81. The highest BCUT2D eigenvalue weighted by Crippen LogP contribution is 2.36. The highest BCUT2D eigenvalue weighted by molar-refractivity contribution is 7.09. The van der Waals surface area contributed by atoms with Gasteiger partial charge in [-0.15, -0.1) is 11.3 Å². The molecule has 0 aromatic carbocycles. The first-order chi connectivity index (χ1) is 13.0. The normalized spacial score (nSPS) is 26.9. The monoisotopic (exact) mass is 394 g/mol. The van der Waals surface area contributed by atoms with Crippen molar-refractivity contribution < 1.29 is 25.2 Å². The first-order valence-corrected chi connectivity index (χ1v) is 10.5. The van der Waals surface area contributed by atoms with Gasteiger partial charge in [0.25, 0.3) is 0 Å². The molecular weight excluding hydrogens is 364 g/mol. The summed E-state index contributed by atoms with van der Waals surface area (Å²) in [7, 11) is 0. The third kappa shape index (κ3) is 7.58. The molecule has 0 bridgehead atoms. The van der Waals surface area contributed by atoms with Crippen molar-refractivity contribution >= 4 is 17.3 Å². The third-order valence-electron chi connectivity index (χ3n) is 5.07.